The van der Waals surface area contributed by atoms with E-state index in [2.05, 4.69) is 54.8 Å². The first-order valence-corrected chi connectivity index (χ1v) is 13.6. The van der Waals surface area contributed by atoms with E-state index in [1.54, 1.807) is 6.07 Å². The highest BCUT2D eigenvalue weighted by atomic mass is 79.9. The van der Waals surface area contributed by atoms with Gasteiger partial charge in [0.2, 0.25) is 0 Å². The number of rotatable bonds is 5. The molecule has 1 saturated carbocycles. The summed E-state index contributed by atoms with van der Waals surface area (Å²) in [5.41, 5.74) is 0. The molecule has 1 heterocycles. The third kappa shape index (κ3) is 4.80. The van der Waals surface area contributed by atoms with Gasteiger partial charge in [0, 0.05) is 31.2 Å². The normalized spacial score (nSPS) is 22.1. The first-order chi connectivity index (χ1) is 10.8. The van der Waals surface area contributed by atoms with Crippen LogP contribution in [0.1, 0.15) is 33.6 Å². The monoisotopic (exact) mass is 435 g/mol. The van der Waals surface area contributed by atoms with E-state index in [-0.39, 0.29) is 22.3 Å². The van der Waals surface area contributed by atoms with Crippen LogP contribution in [0.15, 0.2) is 21.8 Å². The minimum Gasteiger partial charge on any atom is -0.490 e. The molecular formula is C16H26BrNO4SSi. The molecule has 0 radical (unpaired) electrons. The van der Waals surface area contributed by atoms with Gasteiger partial charge in [-0.05, 0) is 34.1 Å². The van der Waals surface area contributed by atoms with Gasteiger partial charge in [-0.25, -0.2) is 13.4 Å². The van der Waals surface area contributed by atoms with Crippen LogP contribution in [-0.2, 0) is 14.3 Å². The van der Waals surface area contributed by atoms with E-state index < -0.39 is 18.2 Å². The molecule has 0 unspecified atom stereocenters. The molecule has 5 nitrogen and oxygen atoms in total. The van der Waals surface area contributed by atoms with Crippen LogP contribution in [0.5, 0.6) is 5.75 Å². The Morgan fingerprint density at radius 1 is 1.21 bits per heavy atom. The molecule has 8 heteroatoms. The second kappa shape index (κ2) is 6.70. The van der Waals surface area contributed by atoms with Gasteiger partial charge in [0.15, 0.2) is 23.2 Å². The molecule has 24 heavy (non-hydrogen) atoms. The molecule has 0 amide bonds. The smallest absolute Gasteiger partial charge is 0.192 e. The molecule has 136 valence electrons. The number of nitrogens with zero attached hydrogens (tertiary/aromatic N) is 1. The largest absolute Gasteiger partial charge is 0.490 e. The third-order valence-electron chi connectivity index (χ3n) is 4.75. The Labute approximate surface area is 154 Å². The molecule has 0 N–H and O–H groups in total. The fourth-order valence-electron chi connectivity index (χ4n) is 2.20. The zero-order valence-corrected chi connectivity index (χ0v) is 18.5. The lowest BCUT2D eigenvalue weighted by molar-refractivity contribution is -0.00332. The SMILES string of the molecule is CC(C)(C)[Si](C)(C)OC1CC(Oc2cc(Br)nc(S(C)(=O)=O)c2)C1. The summed E-state index contributed by atoms with van der Waals surface area (Å²) in [4.78, 5) is 3.98. The lowest BCUT2D eigenvalue weighted by Gasteiger charge is -2.44. The molecule has 2 rings (SSSR count). The predicted octanol–water partition coefficient (Wildman–Crippen LogP) is 4.18. The van der Waals surface area contributed by atoms with E-state index in [0.717, 1.165) is 19.1 Å². The Hall–Kier alpha value is -0.443. The molecule has 1 aromatic rings. The summed E-state index contributed by atoms with van der Waals surface area (Å²) in [5.74, 6) is 0.521. The number of pyridine rings is 1. The van der Waals surface area contributed by atoms with E-state index in [0.29, 0.717) is 10.4 Å². The summed E-state index contributed by atoms with van der Waals surface area (Å²) in [5, 5.41) is 0.208. The molecule has 0 bridgehead atoms. The average molecular weight is 436 g/mol. The maximum absolute atomic E-state index is 11.7. The van der Waals surface area contributed by atoms with E-state index in [4.69, 9.17) is 9.16 Å². The molecule has 0 atom stereocenters. The second-order valence-corrected chi connectivity index (χ2v) is 15.5. The van der Waals surface area contributed by atoms with Crippen molar-refractivity contribution in [2.75, 3.05) is 6.26 Å². The average Bonchev–Trinajstić information content (AvgIpc) is 2.32. The highest BCUT2D eigenvalue weighted by molar-refractivity contribution is 9.10. The fourth-order valence-corrected chi connectivity index (χ4v) is 4.71. The van der Waals surface area contributed by atoms with Crippen molar-refractivity contribution in [1.29, 1.82) is 0 Å². The summed E-state index contributed by atoms with van der Waals surface area (Å²) in [6, 6.07) is 3.17. The Balaban J connectivity index is 1.96. The van der Waals surface area contributed by atoms with Crippen molar-refractivity contribution in [2.24, 2.45) is 0 Å². The van der Waals surface area contributed by atoms with E-state index in [1.807, 2.05) is 0 Å². The van der Waals surface area contributed by atoms with Crippen molar-refractivity contribution in [1.82, 2.24) is 4.98 Å². The molecule has 1 fully saturated rings. The number of aromatic nitrogens is 1. The van der Waals surface area contributed by atoms with E-state index in [9.17, 15) is 8.42 Å². The van der Waals surface area contributed by atoms with Crippen molar-refractivity contribution < 1.29 is 17.6 Å². The molecule has 0 saturated heterocycles. The summed E-state index contributed by atoms with van der Waals surface area (Å²) < 4.78 is 36.0. The van der Waals surface area contributed by atoms with Gasteiger partial charge in [-0.15, -0.1) is 0 Å². The zero-order chi connectivity index (χ0) is 18.3. The summed E-state index contributed by atoms with van der Waals surface area (Å²) in [6.07, 6.45) is 3.09. The van der Waals surface area contributed by atoms with Crippen LogP contribution in [-0.4, -0.2) is 40.2 Å². The van der Waals surface area contributed by atoms with Crippen LogP contribution < -0.4 is 4.74 Å². The van der Waals surface area contributed by atoms with E-state index in [1.165, 1.54) is 6.07 Å². The number of ether oxygens (including phenoxy) is 1. The van der Waals surface area contributed by atoms with E-state index >= 15 is 0 Å². The third-order valence-corrected chi connectivity index (χ3v) is 10.7. The highest BCUT2D eigenvalue weighted by Crippen LogP contribution is 2.40. The fraction of sp³-hybridized carbons (Fsp3) is 0.688. The molecule has 0 spiro atoms. The van der Waals surface area contributed by atoms with Gasteiger partial charge in [-0.2, -0.15) is 0 Å². The van der Waals surface area contributed by atoms with Gasteiger partial charge < -0.3 is 9.16 Å². The van der Waals surface area contributed by atoms with Crippen molar-refractivity contribution in [3.05, 3.63) is 16.7 Å². The second-order valence-electron chi connectivity index (χ2n) is 7.95. The summed E-state index contributed by atoms with van der Waals surface area (Å²) >= 11 is 3.23. The molecule has 0 aliphatic heterocycles. The summed E-state index contributed by atoms with van der Waals surface area (Å²) in [6.45, 7) is 11.2. The lowest BCUT2D eigenvalue weighted by Crippen LogP contribution is -2.50. The quantitative estimate of drug-likeness (QED) is 0.512. The van der Waals surface area contributed by atoms with Crippen LogP contribution >= 0.6 is 15.9 Å². The predicted molar refractivity (Wildman–Crippen MR) is 101 cm³/mol. The van der Waals surface area contributed by atoms with Gasteiger partial charge >= 0.3 is 0 Å². The minimum absolute atomic E-state index is 0.0141. The molecule has 1 aromatic heterocycles. The minimum atomic E-state index is -3.36. The first kappa shape index (κ1) is 19.9. The van der Waals surface area contributed by atoms with Crippen LogP contribution in [0, 0.1) is 0 Å². The zero-order valence-electron chi connectivity index (χ0n) is 15.1. The Kier molecular flexibility index (Phi) is 5.55. The van der Waals surface area contributed by atoms with Gasteiger partial charge in [0.1, 0.15) is 16.5 Å². The maximum atomic E-state index is 11.7. The first-order valence-electron chi connectivity index (χ1n) is 8.00. The van der Waals surface area contributed by atoms with Crippen molar-refractivity contribution in [3.8, 4) is 5.75 Å². The maximum Gasteiger partial charge on any atom is 0.192 e. The number of halogens is 1. The topological polar surface area (TPSA) is 65.5 Å². The Bertz CT molecular complexity index is 709. The standard InChI is InChI=1S/C16H26BrNO4SSi/c1-16(2,3)24(5,6)22-13-7-11(8-13)21-12-9-14(17)18-15(10-12)23(4,19)20/h9-11,13H,7-8H2,1-6H3. The van der Waals surface area contributed by atoms with Gasteiger partial charge in [-0.1, -0.05) is 20.8 Å². The summed E-state index contributed by atoms with van der Waals surface area (Å²) in [7, 11) is -5.12. The van der Waals surface area contributed by atoms with Crippen molar-refractivity contribution >= 4 is 34.1 Å². The number of sulfone groups is 1. The van der Waals surface area contributed by atoms with Gasteiger partial charge in [-0.3, -0.25) is 0 Å². The van der Waals surface area contributed by atoms with Gasteiger partial charge in [0.05, 0.1) is 6.10 Å². The van der Waals surface area contributed by atoms with Gasteiger partial charge in [0.25, 0.3) is 0 Å². The molecule has 1 aliphatic rings. The van der Waals surface area contributed by atoms with Crippen LogP contribution in [0.4, 0.5) is 0 Å². The molecular weight excluding hydrogens is 410 g/mol. The lowest BCUT2D eigenvalue weighted by atomic mass is 9.92. The van der Waals surface area contributed by atoms with Crippen LogP contribution in [0.25, 0.3) is 0 Å². The van der Waals surface area contributed by atoms with Crippen molar-refractivity contribution in [2.45, 2.75) is 69.0 Å². The molecule has 0 aromatic carbocycles. The van der Waals surface area contributed by atoms with Crippen LogP contribution in [0.3, 0.4) is 0 Å². The van der Waals surface area contributed by atoms with Crippen molar-refractivity contribution in [3.63, 3.8) is 0 Å². The number of hydrogen-bond donors (Lipinski definition) is 0. The van der Waals surface area contributed by atoms with Crippen LogP contribution in [0.2, 0.25) is 18.1 Å². The Morgan fingerprint density at radius 3 is 2.29 bits per heavy atom. The number of hydrogen-bond acceptors (Lipinski definition) is 5. The molecule has 1 aliphatic carbocycles. The Morgan fingerprint density at radius 2 is 1.79 bits per heavy atom. The highest BCUT2D eigenvalue weighted by Gasteiger charge is 2.43.